The predicted molar refractivity (Wildman–Crippen MR) is 216 cm³/mol. The number of fused-ring (bicyclic) bond motifs is 4. The molecule has 0 spiro atoms. The van der Waals surface area contributed by atoms with E-state index in [0.29, 0.717) is 33.2 Å². The Hall–Kier alpha value is -3.31. The lowest BCUT2D eigenvalue weighted by atomic mass is 9.97. The topological polar surface area (TPSA) is 0 Å². The van der Waals surface area contributed by atoms with Gasteiger partial charge < -0.3 is 0 Å². The second-order valence-electron chi connectivity index (χ2n) is 15.0. The van der Waals surface area contributed by atoms with E-state index in [2.05, 4.69) is 179 Å². The molecule has 0 unspecified atom stereocenters. The molecule has 0 atom stereocenters. The van der Waals surface area contributed by atoms with Gasteiger partial charge in [-0.25, -0.2) is 0 Å². The van der Waals surface area contributed by atoms with Crippen LogP contribution in [0.3, 0.4) is 0 Å². The number of rotatable bonds is 6. The molecule has 0 aliphatic carbocycles. The van der Waals surface area contributed by atoms with Crippen LogP contribution >= 0.6 is 0 Å². The third kappa shape index (κ3) is 7.46. The Morgan fingerprint density at radius 3 is 0.652 bits per heavy atom. The number of benzene rings is 5. The molecule has 0 nitrogen and oxygen atoms in total. The third-order valence-corrected chi connectivity index (χ3v) is 23.2. The number of hydrogen-bond donors (Lipinski definition) is 0. The molecule has 0 heterocycles. The van der Waals surface area contributed by atoms with E-state index in [4.69, 9.17) is 12.8 Å². The van der Waals surface area contributed by atoms with Crippen molar-refractivity contribution in [3.05, 3.63) is 84.9 Å². The second-order valence-corrected chi connectivity index (χ2v) is 26.3. The highest BCUT2D eigenvalue weighted by Gasteiger charge is 2.42. The summed E-state index contributed by atoms with van der Waals surface area (Å²) in [5.74, 6) is 0. The van der Waals surface area contributed by atoms with Gasteiger partial charge in [-0.05, 0) is 113 Å². The van der Waals surface area contributed by atoms with Gasteiger partial charge in [0.15, 0.2) is 0 Å². The first kappa shape index (κ1) is 37.2. The van der Waals surface area contributed by atoms with Gasteiger partial charge in [-0.2, -0.15) is 0 Å². The van der Waals surface area contributed by atoms with Crippen LogP contribution in [0, 0.1) is 23.9 Å². The fourth-order valence-electron chi connectivity index (χ4n) is 8.39. The fraction of sp³-hybridized carbons (Fsp3) is 0.409. The Bertz CT molecular complexity index is 1570. The van der Waals surface area contributed by atoms with E-state index in [-0.39, 0.29) is 0 Å². The molecule has 0 amide bonds. The van der Waals surface area contributed by atoms with E-state index < -0.39 is 16.1 Å². The lowest BCUT2D eigenvalue weighted by molar-refractivity contribution is 0.838. The van der Waals surface area contributed by atoms with E-state index in [1.807, 2.05) is 0 Å². The highest BCUT2D eigenvalue weighted by molar-refractivity contribution is 6.91. The van der Waals surface area contributed by atoms with Crippen LogP contribution in [0.25, 0.3) is 43.1 Å². The largest absolute Gasteiger partial charge is 0.145 e. The first-order valence-electron chi connectivity index (χ1n) is 17.4. The van der Waals surface area contributed by atoms with Crippen molar-refractivity contribution in [1.29, 1.82) is 0 Å². The molecule has 5 aromatic rings. The minimum atomic E-state index is -1.47. The van der Waals surface area contributed by atoms with Crippen molar-refractivity contribution in [2.45, 2.75) is 116 Å². The van der Waals surface area contributed by atoms with Crippen molar-refractivity contribution < 1.29 is 0 Å². The zero-order valence-electron chi connectivity index (χ0n) is 30.7. The molecule has 0 aliphatic heterocycles. The third-order valence-electron chi connectivity index (χ3n) is 10.8. The second kappa shape index (κ2) is 15.5. The van der Waals surface area contributed by atoms with E-state index in [0.717, 1.165) is 0 Å². The Morgan fingerprint density at radius 2 is 0.522 bits per heavy atom. The standard InChI is InChI=1S/C22H14.2C11H22Si/c1-2-6-16-10-20-14-22-12-18-8-4-3-7-17(18)11-21(22)13-19(20)9-15(16)5-1;2*1-8-12(9(2)3,10(4)5)11(6)7/h1-14H;2*1,9-11H,2-7H3. The van der Waals surface area contributed by atoms with Crippen LogP contribution in [0.15, 0.2) is 84.9 Å². The van der Waals surface area contributed by atoms with Crippen LogP contribution in [0.1, 0.15) is 83.1 Å². The predicted octanol–water partition coefficient (Wildman–Crippen LogP) is 14.0. The van der Waals surface area contributed by atoms with Crippen LogP contribution in [0.5, 0.6) is 0 Å². The van der Waals surface area contributed by atoms with Gasteiger partial charge in [0.05, 0.1) is 0 Å². The summed E-state index contributed by atoms with van der Waals surface area (Å²) < 4.78 is 0. The van der Waals surface area contributed by atoms with Gasteiger partial charge in [0.1, 0.15) is 16.1 Å². The van der Waals surface area contributed by atoms with Crippen molar-refractivity contribution in [2.24, 2.45) is 0 Å². The summed E-state index contributed by atoms with van der Waals surface area (Å²) in [6.07, 6.45) is 11.4. The van der Waals surface area contributed by atoms with Crippen LogP contribution < -0.4 is 0 Å². The lowest BCUT2D eigenvalue weighted by Crippen LogP contribution is -2.43. The molecule has 0 aliphatic rings. The van der Waals surface area contributed by atoms with E-state index in [9.17, 15) is 0 Å². The summed E-state index contributed by atoms with van der Waals surface area (Å²) in [5.41, 5.74) is 10.5. The summed E-state index contributed by atoms with van der Waals surface area (Å²) in [4.78, 5) is 0. The molecule has 2 heteroatoms. The van der Waals surface area contributed by atoms with Crippen LogP contribution in [0.4, 0.5) is 0 Å². The maximum atomic E-state index is 5.72. The van der Waals surface area contributed by atoms with E-state index in [1.165, 1.54) is 43.1 Å². The zero-order chi connectivity index (χ0) is 34.4. The maximum Gasteiger partial charge on any atom is 0.145 e. The Balaban J connectivity index is 0.000000208. The molecule has 242 valence electrons. The molecule has 0 saturated carbocycles. The first-order chi connectivity index (χ1) is 21.6. The molecular formula is C44H58Si2. The molecule has 0 radical (unpaired) electrons. The molecule has 46 heavy (non-hydrogen) atoms. The Labute approximate surface area is 283 Å². The quantitative estimate of drug-likeness (QED) is 0.0982. The van der Waals surface area contributed by atoms with Crippen molar-refractivity contribution in [3.8, 4) is 23.9 Å². The van der Waals surface area contributed by atoms with Gasteiger partial charge in [0, 0.05) is 0 Å². The summed E-state index contributed by atoms with van der Waals surface area (Å²) in [7, 11) is -2.95. The Kier molecular flexibility index (Phi) is 12.5. The van der Waals surface area contributed by atoms with Crippen molar-refractivity contribution >= 4 is 59.2 Å². The monoisotopic (exact) mass is 642 g/mol. The maximum absolute atomic E-state index is 5.72. The average molecular weight is 643 g/mol. The Morgan fingerprint density at radius 1 is 0.348 bits per heavy atom. The highest BCUT2D eigenvalue weighted by Crippen LogP contribution is 2.41. The van der Waals surface area contributed by atoms with Gasteiger partial charge in [-0.15, -0.1) is 23.9 Å². The zero-order valence-corrected chi connectivity index (χ0v) is 32.7. The summed E-state index contributed by atoms with van der Waals surface area (Å²) in [6.45, 7) is 27.4. The minimum absolute atomic E-state index is 0.697. The highest BCUT2D eigenvalue weighted by atomic mass is 28.3. The molecule has 0 aromatic heterocycles. The fourth-order valence-corrected chi connectivity index (χ4v) is 18.4. The van der Waals surface area contributed by atoms with Crippen molar-refractivity contribution in [1.82, 2.24) is 0 Å². The smallest absolute Gasteiger partial charge is 0.134 e. The summed E-state index contributed by atoms with van der Waals surface area (Å²) in [6, 6.07) is 30.9. The molecule has 5 aromatic carbocycles. The number of hydrogen-bond acceptors (Lipinski definition) is 0. The van der Waals surface area contributed by atoms with E-state index >= 15 is 0 Å². The first-order valence-corrected chi connectivity index (χ1v) is 21.8. The minimum Gasteiger partial charge on any atom is -0.134 e. The van der Waals surface area contributed by atoms with E-state index in [1.54, 1.807) is 0 Å². The SMILES string of the molecule is C#C[Si](C(C)C)(C(C)C)C(C)C.C#C[Si](C(C)C)(C(C)C)C(C)C.c1ccc2cc3cc4cc5ccccc5cc4cc3cc2c1. The van der Waals surface area contributed by atoms with Crippen LogP contribution in [0.2, 0.25) is 33.2 Å². The van der Waals surface area contributed by atoms with Crippen molar-refractivity contribution in [3.63, 3.8) is 0 Å². The number of terminal acetylenes is 2. The molecule has 0 bridgehead atoms. The summed E-state index contributed by atoms with van der Waals surface area (Å²) >= 11 is 0. The van der Waals surface area contributed by atoms with Gasteiger partial charge in [0.25, 0.3) is 0 Å². The molecule has 0 N–H and O–H groups in total. The lowest BCUT2D eigenvalue weighted by Gasteiger charge is -2.37. The van der Waals surface area contributed by atoms with Gasteiger partial charge >= 0.3 is 0 Å². The van der Waals surface area contributed by atoms with Gasteiger partial charge in [-0.1, -0.05) is 132 Å². The molecular weight excluding hydrogens is 585 g/mol. The van der Waals surface area contributed by atoms with Crippen LogP contribution in [-0.2, 0) is 0 Å². The molecule has 5 rings (SSSR count). The van der Waals surface area contributed by atoms with Crippen LogP contribution in [-0.4, -0.2) is 16.1 Å². The summed E-state index contributed by atoms with van der Waals surface area (Å²) in [5, 5.41) is 10.4. The molecule has 0 saturated heterocycles. The average Bonchev–Trinajstić information content (AvgIpc) is 2.98. The van der Waals surface area contributed by atoms with Crippen molar-refractivity contribution in [2.75, 3.05) is 0 Å². The normalized spacial score (nSPS) is 12.2. The van der Waals surface area contributed by atoms with Gasteiger partial charge in [0.2, 0.25) is 0 Å². The molecule has 0 fully saturated rings. The van der Waals surface area contributed by atoms with Gasteiger partial charge in [-0.3, -0.25) is 0 Å².